The molecule has 0 radical (unpaired) electrons. The zero-order valence-corrected chi connectivity index (χ0v) is 13.0. The summed E-state index contributed by atoms with van der Waals surface area (Å²) in [6, 6.07) is 10.7. The van der Waals surface area contributed by atoms with Crippen LogP contribution in [0.1, 0.15) is 0 Å². The first-order valence-corrected chi connectivity index (χ1v) is 7.79. The fraction of sp³-hybridized carbons (Fsp3) is 0.214. The van der Waals surface area contributed by atoms with Gasteiger partial charge in [-0.2, -0.15) is 0 Å². The standard InChI is InChI=1S/C14H18N4O2S/c1-16-14(15)17-21(19,20)13-9-5-6-10-11(13)7-4-8-12(10)18(2)3/h4-9H,1-3H3,(H3,15,16,17). The second-order valence-corrected chi connectivity index (χ2v) is 6.39. The largest absolute Gasteiger partial charge is 0.377 e. The van der Waals surface area contributed by atoms with Gasteiger partial charge >= 0.3 is 0 Å². The number of guanidine groups is 1. The Bertz CT molecular complexity index is 798. The molecule has 0 aliphatic carbocycles. The lowest BCUT2D eigenvalue weighted by Crippen LogP contribution is -2.36. The van der Waals surface area contributed by atoms with Crippen LogP contribution in [0.2, 0.25) is 0 Å². The van der Waals surface area contributed by atoms with Gasteiger partial charge in [0.2, 0.25) is 5.96 Å². The molecule has 0 heterocycles. The van der Waals surface area contributed by atoms with Crippen LogP contribution in [-0.4, -0.2) is 35.5 Å². The van der Waals surface area contributed by atoms with Crippen LogP contribution in [0.15, 0.2) is 46.3 Å². The maximum atomic E-state index is 12.4. The number of fused-ring (bicyclic) bond motifs is 1. The molecule has 2 rings (SSSR count). The summed E-state index contributed by atoms with van der Waals surface area (Å²) in [5, 5.41) is 1.50. The van der Waals surface area contributed by atoms with Gasteiger partial charge in [-0.05, 0) is 12.1 Å². The second kappa shape index (κ2) is 5.61. The summed E-state index contributed by atoms with van der Waals surface area (Å²) in [4.78, 5) is 5.74. The molecule has 21 heavy (non-hydrogen) atoms. The summed E-state index contributed by atoms with van der Waals surface area (Å²) in [5.41, 5.74) is 6.42. The van der Waals surface area contributed by atoms with Crippen LogP contribution >= 0.6 is 0 Å². The number of aliphatic imine (C=N–C) groups is 1. The van der Waals surface area contributed by atoms with E-state index in [1.54, 1.807) is 18.2 Å². The Morgan fingerprint density at radius 1 is 1.14 bits per heavy atom. The van der Waals surface area contributed by atoms with E-state index in [4.69, 9.17) is 5.73 Å². The zero-order chi connectivity index (χ0) is 15.6. The van der Waals surface area contributed by atoms with Crippen LogP contribution in [0.4, 0.5) is 5.69 Å². The molecule has 2 aromatic rings. The highest BCUT2D eigenvalue weighted by Crippen LogP contribution is 2.29. The number of nitrogens with two attached hydrogens (primary N) is 1. The van der Waals surface area contributed by atoms with Crippen molar-refractivity contribution >= 4 is 32.4 Å². The Balaban J connectivity index is 2.69. The summed E-state index contributed by atoms with van der Waals surface area (Å²) in [6.07, 6.45) is 0. The van der Waals surface area contributed by atoms with Gasteiger partial charge in [-0.25, -0.2) is 13.1 Å². The van der Waals surface area contributed by atoms with E-state index in [0.717, 1.165) is 11.1 Å². The molecule has 2 aromatic carbocycles. The Morgan fingerprint density at radius 3 is 2.38 bits per heavy atom. The van der Waals surface area contributed by atoms with E-state index in [0.29, 0.717) is 5.39 Å². The predicted molar refractivity (Wildman–Crippen MR) is 86.1 cm³/mol. The molecule has 0 bridgehead atoms. The fourth-order valence-electron chi connectivity index (χ4n) is 2.13. The van der Waals surface area contributed by atoms with Crippen molar-refractivity contribution in [1.29, 1.82) is 0 Å². The topological polar surface area (TPSA) is 87.8 Å². The molecule has 0 spiro atoms. The van der Waals surface area contributed by atoms with Gasteiger partial charge in [0, 0.05) is 37.6 Å². The van der Waals surface area contributed by atoms with Crippen LogP contribution in [0, 0.1) is 0 Å². The molecule has 0 aliphatic heterocycles. The Hall–Kier alpha value is -2.28. The average molecular weight is 306 g/mol. The monoisotopic (exact) mass is 306 g/mol. The van der Waals surface area contributed by atoms with Crippen LogP contribution in [0.5, 0.6) is 0 Å². The van der Waals surface area contributed by atoms with Gasteiger partial charge in [-0.15, -0.1) is 0 Å². The summed E-state index contributed by atoms with van der Waals surface area (Å²) >= 11 is 0. The van der Waals surface area contributed by atoms with Crippen LogP contribution in [-0.2, 0) is 10.0 Å². The van der Waals surface area contributed by atoms with Gasteiger partial charge in [-0.1, -0.05) is 24.3 Å². The number of hydrogen-bond donors (Lipinski definition) is 2. The fourth-order valence-corrected chi connectivity index (χ4v) is 3.33. The van der Waals surface area contributed by atoms with E-state index in [-0.39, 0.29) is 10.9 Å². The number of sulfonamides is 1. The Labute approximate surface area is 124 Å². The van der Waals surface area contributed by atoms with E-state index in [1.807, 2.05) is 37.2 Å². The smallest absolute Gasteiger partial charge is 0.264 e. The minimum atomic E-state index is -3.76. The second-order valence-electron chi connectivity index (χ2n) is 4.74. The molecule has 3 N–H and O–H groups in total. The third-order valence-electron chi connectivity index (χ3n) is 3.11. The SMILES string of the molecule is CN=C(N)NS(=O)(=O)c1cccc2c(N(C)C)cccc12. The summed E-state index contributed by atoms with van der Waals surface area (Å²) in [7, 11) is 1.48. The van der Waals surface area contributed by atoms with Gasteiger partial charge in [0.05, 0.1) is 4.90 Å². The highest BCUT2D eigenvalue weighted by Gasteiger charge is 2.19. The number of nitrogens with one attached hydrogen (secondary N) is 1. The van der Waals surface area contributed by atoms with Crippen LogP contribution < -0.4 is 15.4 Å². The summed E-state index contributed by atoms with van der Waals surface area (Å²) in [6.45, 7) is 0. The molecule has 0 atom stereocenters. The lowest BCUT2D eigenvalue weighted by Gasteiger charge is -2.17. The van der Waals surface area contributed by atoms with Crippen molar-refractivity contribution in [1.82, 2.24) is 4.72 Å². The molecule has 0 fully saturated rings. The van der Waals surface area contributed by atoms with Gasteiger partial charge in [0.15, 0.2) is 0 Å². The highest BCUT2D eigenvalue weighted by molar-refractivity contribution is 7.90. The number of benzene rings is 2. The van der Waals surface area contributed by atoms with E-state index < -0.39 is 10.0 Å². The maximum Gasteiger partial charge on any atom is 0.264 e. The number of rotatable bonds is 3. The molecule has 112 valence electrons. The number of hydrogen-bond acceptors (Lipinski definition) is 4. The summed E-state index contributed by atoms with van der Waals surface area (Å²) < 4.78 is 27.1. The molecular formula is C14H18N4O2S. The molecule has 0 saturated carbocycles. The first kappa shape index (κ1) is 15.1. The van der Waals surface area contributed by atoms with Gasteiger partial charge < -0.3 is 10.6 Å². The van der Waals surface area contributed by atoms with Crippen LogP contribution in [0.3, 0.4) is 0 Å². The van der Waals surface area contributed by atoms with Gasteiger partial charge in [-0.3, -0.25) is 4.99 Å². The first-order valence-electron chi connectivity index (χ1n) is 6.31. The minimum Gasteiger partial charge on any atom is -0.377 e. The van der Waals surface area contributed by atoms with E-state index in [9.17, 15) is 8.42 Å². The van der Waals surface area contributed by atoms with Crippen molar-refractivity contribution < 1.29 is 8.42 Å². The van der Waals surface area contributed by atoms with Crippen molar-refractivity contribution in [3.63, 3.8) is 0 Å². The Kier molecular flexibility index (Phi) is 4.04. The van der Waals surface area contributed by atoms with Crippen molar-refractivity contribution in [3.05, 3.63) is 36.4 Å². The van der Waals surface area contributed by atoms with Gasteiger partial charge in [0.25, 0.3) is 10.0 Å². The first-order chi connectivity index (χ1) is 9.86. The van der Waals surface area contributed by atoms with Crippen molar-refractivity contribution in [2.24, 2.45) is 10.7 Å². The molecule has 0 saturated heterocycles. The molecular weight excluding hydrogens is 288 g/mol. The zero-order valence-electron chi connectivity index (χ0n) is 12.2. The van der Waals surface area contributed by atoms with E-state index in [1.165, 1.54) is 7.05 Å². The van der Waals surface area contributed by atoms with E-state index >= 15 is 0 Å². The summed E-state index contributed by atoms with van der Waals surface area (Å²) in [5.74, 6) is -0.143. The van der Waals surface area contributed by atoms with Crippen LogP contribution in [0.25, 0.3) is 10.8 Å². The normalized spacial score (nSPS) is 12.4. The quantitative estimate of drug-likeness (QED) is 0.657. The lowest BCUT2D eigenvalue weighted by molar-refractivity contribution is 0.593. The Morgan fingerprint density at radius 2 is 1.76 bits per heavy atom. The molecule has 7 heteroatoms. The highest BCUT2D eigenvalue weighted by atomic mass is 32.2. The molecule has 0 aromatic heterocycles. The van der Waals surface area contributed by atoms with Gasteiger partial charge in [0.1, 0.15) is 0 Å². The van der Waals surface area contributed by atoms with E-state index in [2.05, 4.69) is 9.71 Å². The molecule has 0 unspecified atom stereocenters. The average Bonchev–Trinajstić information content (AvgIpc) is 2.45. The molecule has 0 aliphatic rings. The number of nitrogens with zero attached hydrogens (tertiary/aromatic N) is 2. The minimum absolute atomic E-state index is 0.143. The number of anilines is 1. The predicted octanol–water partition coefficient (Wildman–Crippen LogP) is 1.13. The third-order valence-corrected chi connectivity index (χ3v) is 4.52. The molecule has 0 amide bonds. The van der Waals surface area contributed by atoms with Crippen molar-refractivity contribution in [3.8, 4) is 0 Å². The van der Waals surface area contributed by atoms with Crippen molar-refractivity contribution in [2.45, 2.75) is 4.90 Å². The lowest BCUT2D eigenvalue weighted by atomic mass is 10.1. The van der Waals surface area contributed by atoms with Crippen molar-refractivity contribution in [2.75, 3.05) is 26.0 Å². The maximum absolute atomic E-state index is 12.4. The molecule has 6 nitrogen and oxygen atoms in total. The third kappa shape index (κ3) is 2.92.